The first-order chi connectivity index (χ1) is 14.7. The highest BCUT2D eigenvalue weighted by atomic mass is 32.1. The van der Waals surface area contributed by atoms with Gasteiger partial charge in [-0.05, 0) is 47.2 Å². The standard InChI is InChI=1S/C22H21N5O2S/c1-27-7-4-18(26-27)17-3-2-14(12-23-17)10-15-11-20(25-19-6-9-30-21(15)19)22(28)24-16-5-8-29-13-16/h2-4,6-7,9,11-12,16H,5,8,10,13H2,1H3,(H,24,28)/t16-/m1/s1. The maximum absolute atomic E-state index is 12.7. The first-order valence-electron chi connectivity index (χ1n) is 9.86. The molecule has 4 aromatic heterocycles. The van der Waals surface area contributed by atoms with E-state index >= 15 is 0 Å². The van der Waals surface area contributed by atoms with E-state index in [1.54, 1.807) is 16.0 Å². The topological polar surface area (TPSA) is 81.9 Å². The quantitative estimate of drug-likeness (QED) is 0.537. The normalized spacial score (nSPS) is 16.2. The fourth-order valence-electron chi connectivity index (χ4n) is 3.63. The van der Waals surface area contributed by atoms with Crippen molar-refractivity contribution in [1.82, 2.24) is 25.1 Å². The van der Waals surface area contributed by atoms with Gasteiger partial charge in [0.25, 0.3) is 5.91 Å². The molecule has 30 heavy (non-hydrogen) atoms. The second-order valence-corrected chi connectivity index (χ2v) is 8.35. The van der Waals surface area contributed by atoms with Crippen molar-refractivity contribution < 1.29 is 9.53 Å². The summed E-state index contributed by atoms with van der Waals surface area (Å²) in [7, 11) is 1.89. The van der Waals surface area contributed by atoms with Crippen molar-refractivity contribution in [2.75, 3.05) is 13.2 Å². The van der Waals surface area contributed by atoms with Gasteiger partial charge in [-0.25, -0.2) is 4.98 Å². The molecule has 1 saturated heterocycles. The molecule has 1 fully saturated rings. The van der Waals surface area contributed by atoms with E-state index in [1.165, 1.54) is 0 Å². The minimum atomic E-state index is -0.150. The van der Waals surface area contributed by atoms with Crippen LogP contribution >= 0.6 is 11.3 Å². The highest BCUT2D eigenvalue weighted by Crippen LogP contribution is 2.27. The van der Waals surface area contributed by atoms with Gasteiger partial charge < -0.3 is 10.1 Å². The van der Waals surface area contributed by atoms with Crippen LogP contribution in [-0.4, -0.2) is 44.9 Å². The molecule has 1 aliphatic heterocycles. The van der Waals surface area contributed by atoms with Crippen LogP contribution in [0.4, 0.5) is 0 Å². The Morgan fingerprint density at radius 1 is 1.30 bits per heavy atom. The van der Waals surface area contributed by atoms with Crippen molar-refractivity contribution in [2.24, 2.45) is 7.05 Å². The Morgan fingerprint density at radius 3 is 2.97 bits per heavy atom. The third-order valence-corrected chi connectivity index (χ3v) is 6.16. The van der Waals surface area contributed by atoms with Gasteiger partial charge in [0, 0.05) is 32.5 Å². The predicted molar refractivity (Wildman–Crippen MR) is 116 cm³/mol. The van der Waals surface area contributed by atoms with Crippen LogP contribution < -0.4 is 5.32 Å². The second-order valence-electron chi connectivity index (χ2n) is 7.44. The fourth-order valence-corrected chi connectivity index (χ4v) is 4.48. The summed E-state index contributed by atoms with van der Waals surface area (Å²) in [6.45, 7) is 1.25. The molecular formula is C22H21N5O2S. The van der Waals surface area contributed by atoms with Crippen molar-refractivity contribution in [3.63, 3.8) is 0 Å². The number of aromatic nitrogens is 4. The monoisotopic (exact) mass is 419 g/mol. The SMILES string of the molecule is Cn1ccc(-c2ccc(Cc3cc(C(=O)N[C@@H]4CCOC4)nc4ccsc34)cn2)n1. The van der Waals surface area contributed by atoms with Gasteiger partial charge in [0.1, 0.15) is 11.4 Å². The van der Waals surface area contributed by atoms with Gasteiger partial charge in [0.05, 0.1) is 28.6 Å². The third kappa shape index (κ3) is 3.83. The second kappa shape index (κ2) is 7.97. The molecule has 152 valence electrons. The van der Waals surface area contributed by atoms with Gasteiger partial charge in [0.2, 0.25) is 0 Å². The number of ether oxygens (including phenoxy) is 1. The van der Waals surface area contributed by atoms with Gasteiger partial charge in [0.15, 0.2) is 0 Å². The number of amides is 1. The van der Waals surface area contributed by atoms with E-state index in [4.69, 9.17) is 4.74 Å². The van der Waals surface area contributed by atoms with Crippen molar-refractivity contribution in [1.29, 1.82) is 0 Å². The minimum Gasteiger partial charge on any atom is -0.379 e. The van der Waals surface area contributed by atoms with Crippen LogP contribution in [0, 0.1) is 0 Å². The molecule has 8 heteroatoms. The van der Waals surface area contributed by atoms with E-state index in [0.717, 1.165) is 39.2 Å². The van der Waals surface area contributed by atoms with Crippen LogP contribution in [-0.2, 0) is 18.2 Å². The Morgan fingerprint density at radius 2 is 2.23 bits per heavy atom. The molecule has 0 spiro atoms. The lowest BCUT2D eigenvalue weighted by Gasteiger charge is -2.11. The molecule has 0 aliphatic carbocycles. The van der Waals surface area contributed by atoms with Crippen LogP contribution in [0.2, 0.25) is 0 Å². The molecule has 5 rings (SSSR count). The molecule has 7 nitrogen and oxygen atoms in total. The Bertz CT molecular complexity index is 1190. The zero-order valence-corrected chi connectivity index (χ0v) is 17.4. The zero-order chi connectivity index (χ0) is 20.5. The Labute approximate surface area is 177 Å². The highest BCUT2D eigenvalue weighted by Gasteiger charge is 2.20. The molecule has 1 aliphatic rings. The van der Waals surface area contributed by atoms with Gasteiger partial charge in [-0.3, -0.25) is 14.5 Å². The zero-order valence-electron chi connectivity index (χ0n) is 16.5. The van der Waals surface area contributed by atoms with Crippen molar-refractivity contribution in [3.05, 3.63) is 64.9 Å². The number of nitrogens with zero attached hydrogens (tertiary/aromatic N) is 4. The molecule has 1 amide bonds. The number of nitrogens with one attached hydrogen (secondary N) is 1. The van der Waals surface area contributed by atoms with E-state index in [2.05, 4.69) is 26.4 Å². The van der Waals surface area contributed by atoms with Crippen LogP contribution in [0.1, 0.15) is 28.0 Å². The summed E-state index contributed by atoms with van der Waals surface area (Å²) < 4.78 is 8.22. The lowest BCUT2D eigenvalue weighted by molar-refractivity contribution is 0.0925. The van der Waals surface area contributed by atoms with E-state index in [9.17, 15) is 4.79 Å². The first kappa shape index (κ1) is 18.9. The number of carbonyl (C=O) groups excluding carboxylic acids is 1. The van der Waals surface area contributed by atoms with Crippen molar-refractivity contribution in [3.8, 4) is 11.4 Å². The van der Waals surface area contributed by atoms with E-state index in [1.807, 2.05) is 49.1 Å². The van der Waals surface area contributed by atoms with Crippen LogP contribution in [0.25, 0.3) is 21.6 Å². The Balaban J connectivity index is 1.40. The number of thiophene rings is 1. The molecule has 1 N–H and O–H groups in total. The van der Waals surface area contributed by atoms with E-state index in [-0.39, 0.29) is 11.9 Å². The lowest BCUT2D eigenvalue weighted by atomic mass is 10.0. The number of hydrogen-bond donors (Lipinski definition) is 1. The van der Waals surface area contributed by atoms with Gasteiger partial charge in [-0.2, -0.15) is 5.10 Å². The molecule has 4 aromatic rings. The Hall–Kier alpha value is -3.10. The van der Waals surface area contributed by atoms with Crippen molar-refractivity contribution in [2.45, 2.75) is 18.9 Å². The number of hydrogen-bond acceptors (Lipinski definition) is 6. The maximum atomic E-state index is 12.7. The van der Waals surface area contributed by atoms with Crippen LogP contribution in [0.15, 0.2) is 48.1 Å². The predicted octanol–water partition coefficient (Wildman–Crippen LogP) is 3.20. The number of pyridine rings is 2. The van der Waals surface area contributed by atoms with Crippen LogP contribution in [0.5, 0.6) is 0 Å². The molecule has 0 aromatic carbocycles. The summed E-state index contributed by atoms with van der Waals surface area (Å²) in [6, 6.07) is 9.91. The smallest absolute Gasteiger partial charge is 0.270 e. The molecule has 0 radical (unpaired) electrons. The van der Waals surface area contributed by atoms with E-state index < -0.39 is 0 Å². The fraction of sp³-hybridized carbons (Fsp3) is 0.273. The third-order valence-electron chi connectivity index (χ3n) is 5.18. The Kier molecular flexibility index (Phi) is 5.02. The lowest BCUT2D eigenvalue weighted by Crippen LogP contribution is -2.35. The van der Waals surface area contributed by atoms with Gasteiger partial charge in [-0.15, -0.1) is 11.3 Å². The average molecular weight is 420 g/mol. The molecular weight excluding hydrogens is 398 g/mol. The minimum absolute atomic E-state index is 0.0595. The van der Waals surface area contributed by atoms with Gasteiger partial charge >= 0.3 is 0 Å². The molecule has 0 saturated carbocycles. The summed E-state index contributed by atoms with van der Waals surface area (Å²) in [5.41, 5.74) is 5.14. The average Bonchev–Trinajstić information content (AvgIpc) is 3.50. The summed E-state index contributed by atoms with van der Waals surface area (Å²) in [5.74, 6) is -0.150. The van der Waals surface area contributed by atoms with Crippen LogP contribution in [0.3, 0.4) is 0 Å². The maximum Gasteiger partial charge on any atom is 0.270 e. The van der Waals surface area contributed by atoms with Crippen molar-refractivity contribution >= 4 is 27.5 Å². The molecule has 5 heterocycles. The van der Waals surface area contributed by atoms with E-state index in [0.29, 0.717) is 25.3 Å². The largest absolute Gasteiger partial charge is 0.379 e. The number of fused-ring (bicyclic) bond motifs is 1. The molecule has 0 bridgehead atoms. The number of aryl methyl sites for hydroxylation is 1. The van der Waals surface area contributed by atoms with Gasteiger partial charge in [-0.1, -0.05) is 6.07 Å². The first-order valence-corrected chi connectivity index (χ1v) is 10.7. The number of rotatable bonds is 5. The summed E-state index contributed by atoms with van der Waals surface area (Å²) in [5, 5.41) is 9.43. The summed E-state index contributed by atoms with van der Waals surface area (Å²) in [4.78, 5) is 21.9. The molecule has 1 atom stereocenters. The summed E-state index contributed by atoms with van der Waals surface area (Å²) >= 11 is 1.64. The summed E-state index contributed by atoms with van der Waals surface area (Å²) in [6.07, 6.45) is 5.30. The molecule has 0 unspecified atom stereocenters. The highest BCUT2D eigenvalue weighted by molar-refractivity contribution is 7.17. The number of carbonyl (C=O) groups is 1.